The Hall–Kier alpha value is -0.170. The number of hydrogen-bond acceptors (Lipinski definition) is 3. The molecule has 0 spiro atoms. The lowest BCUT2D eigenvalue weighted by Gasteiger charge is -2.37. The first kappa shape index (κ1) is 16.2. The molecule has 2 saturated heterocycles. The number of hydrogen-bond donors (Lipinski definition) is 1. The molecule has 2 atom stereocenters. The molecule has 0 aliphatic carbocycles. The van der Waals surface area contributed by atoms with E-state index in [1.54, 1.807) is 8.61 Å². The Morgan fingerprint density at radius 1 is 1.10 bits per heavy atom. The number of nitrogens with one attached hydrogen (secondary N) is 1. The summed E-state index contributed by atoms with van der Waals surface area (Å²) in [5.74, 6) is 0.450. The van der Waals surface area contributed by atoms with Crippen molar-refractivity contribution >= 4 is 10.2 Å². The highest BCUT2D eigenvalue weighted by molar-refractivity contribution is 7.86. The van der Waals surface area contributed by atoms with E-state index >= 15 is 0 Å². The Balaban J connectivity index is 2.07. The lowest BCUT2D eigenvalue weighted by molar-refractivity contribution is 0.233. The number of rotatable bonds is 4. The van der Waals surface area contributed by atoms with Crippen molar-refractivity contribution < 1.29 is 8.42 Å². The molecule has 0 bridgehead atoms. The maximum absolute atomic E-state index is 12.9. The summed E-state index contributed by atoms with van der Waals surface area (Å²) in [6.45, 7) is 5.01. The van der Waals surface area contributed by atoms with Gasteiger partial charge in [0.25, 0.3) is 10.2 Å². The highest BCUT2D eigenvalue weighted by Crippen LogP contribution is 2.25. The van der Waals surface area contributed by atoms with E-state index in [4.69, 9.17) is 0 Å². The third-order valence-electron chi connectivity index (χ3n) is 4.59. The minimum atomic E-state index is -3.27. The molecule has 6 heteroatoms. The second-order valence-corrected chi connectivity index (χ2v) is 8.12. The van der Waals surface area contributed by atoms with Crippen LogP contribution in [0.15, 0.2) is 0 Å². The minimum absolute atomic E-state index is 0.146. The van der Waals surface area contributed by atoms with Gasteiger partial charge >= 0.3 is 0 Å². The van der Waals surface area contributed by atoms with Gasteiger partial charge in [-0.15, -0.1) is 0 Å². The average Bonchev–Trinajstić information content (AvgIpc) is 2.64. The molecule has 2 heterocycles. The lowest BCUT2D eigenvalue weighted by atomic mass is 10.00. The zero-order chi connectivity index (χ0) is 14.6. The van der Waals surface area contributed by atoms with Crippen molar-refractivity contribution in [3.63, 3.8) is 0 Å². The van der Waals surface area contributed by atoms with Crippen LogP contribution >= 0.6 is 0 Å². The molecule has 20 heavy (non-hydrogen) atoms. The molecule has 0 amide bonds. The predicted octanol–water partition coefficient (Wildman–Crippen LogP) is 1.43. The van der Waals surface area contributed by atoms with Crippen LogP contribution in [0.5, 0.6) is 0 Å². The molecule has 0 aromatic heterocycles. The summed E-state index contributed by atoms with van der Waals surface area (Å²) in [6, 6.07) is 0.146. The second-order valence-electron chi connectivity index (χ2n) is 6.24. The van der Waals surface area contributed by atoms with E-state index in [0.717, 1.165) is 45.1 Å². The lowest BCUT2D eigenvalue weighted by Crippen LogP contribution is -2.51. The van der Waals surface area contributed by atoms with E-state index in [2.05, 4.69) is 12.2 Å². The van der Waals surface area contributed by atoms with Crippen molar-refractivity contribution in [3.8, 4) is 0 Å². The fourth-order valence-electron chi connectivity index (χ4n) is 3.43. The molecule has 0 aromatic carbocycles. The first-order valence-corrected chi connectivity index (χ1v) is 9.37. The third kappa shape index (κ3) is 3.72. The van der Waals surface area contributed by atoms with Crippen molar-refractivity contribution in [2.75, 3.05) is 33.2 Å². The van der Waals surface area contributed by atoms with E-state index in [1.165, 1.54) is 0 Å². The van der Waals surface area contributed by atoms with Gasteiger partial charge in [-0.05, 0) is 52.1 Å². The predicted molar refractivity (Wildman–Crippen MR) is 81.8 cm³/mol. The standard InChI is InChI=1S/C14H29N3O2S/c1-13-7-4-3-5-10-17(13)20(18,19)16-9-6-8-14(12-16)11-15-2/h13-15H,3-12H2,1-2H3. The molecular weight excluding hydrogens is 274 g/mol. The molecule has 1 N–H and O–H groups in total. The third-order valence-corrected chi connectivity index (χ3v) is 6.71. The van der Waals surface area contributed by atoms with Crippen molar-refractivity contribution in [2.24, 2.45) is 5.92 Å². The van der Waals surface area contributed by atoms with Gasteiger partial charge in [-0.25, -0.2) is 0 Å². The van der Waals surface area contributed by atoms with Gasteiger partial charge in [0, 0.05) is 25.7 Å². The normalized spacial score (nSPS) is 31.1. The zero-order valence-corrected chi connectivity index (χ0v) is 13.7. The summed E-state index contributed by atoms with van der Waals surface area (Å²) < 4.78 is 29.2. The summed E-state index contributed by atoms with van der Waals surface area (Å²) in [5, 5.41) is 3.17. The Labute approximate surface area is 123 Å². The fourth-order valence-corrected chi connectivity index (χ4v) is 5.41. The van der Waals surface area contributed by atoms with Gasteiger partial charge in [0.1, 0.15) is 0 Å². The van der Waals surface area contributed by atoms with E-state index in [-0.39, 0.29) is 6.04 Å². The Morgan fingerprint density at radius 2 is 1.90 bits per heavy atom. The van der Waals surface area contributed by atoms with Gasteiger partial charge in [-0.1, -0.05) is 12.8 Å². The van der Waals surface area contributed by atoms with Crippen LogP contribution in [0.25, 0.3) is 0 Å². The first-order chi connectivity index (χ1) is 9.55. The summed E-state index contributed by atoms with van der Waals surface area (Å²) in [7, 11) is -1.34. The maximum Gasteiger partial charge on any atom is 0.282 e. The molecule has 5 nitrogen and oxygen atoms in total. The largest absolute Gasteiger partial charge is 0.319 e. The molecule has 0 aromatic rings. The van der Waals surface area contributed by atoms with E-state index in [0.29, 0.717) is 25.6 Å². The van der Waals surface area contributed by atoms with Crippen LogP contribution in [0.4, 0.5) is 0 Å². The van der Waals surface area contributed by atoms with Crippen LogP contribution in [0.1, 0.15) is 45.4 Å². The summed E-state index contributed by atoms with van der Waals surface area (Å²) >= 11 is 0. The zero-order valence-electron chi connectivity index (χ0n) is 12.8. The van der Waals surface area contributed by atoms with Gasteiger partial charge in [-0.2, -0.15) is 17.0 Å². The highest BCUT2D eigenvalue weighted by atomic mass is 32.2. The number of nitrogens with zero attached hydrogens (tertiary/aromatic N) is 2. The van der Waals surface area contributed by atoms with Crippen molar-refractivity contribution in [2.45, 2.75) is 51.5 Å². The van der Waals surface area contributed by atoms with Crippen LogP contribution in [0.2, 0.25) is 0 Å². The van der Waals surface area contributed by atoms with Gasteiger partial charge in [-0.3, -0.25) is 0 Å². The molecule has 118 valence electrons. The Bertz CT molecular complexity index is 397. The van der Waals surface area contributed by atoms with Gasteiger partial charge in [0.2, 0.25) is 0 Å². The monoisotopic (exact) mass is 303 g/mol. The van der Waals surface area contributed by atoms with Crippen LogP contribution in [-0.4, -0.2) is 56.3 Å². The first-order valence-electron chi connectivity index (χ1n) is 7.97. The van der Waals surface area contributed by atoms with Crippen molar-refractivity contribution in [1.82, 2.24) is 13.9 Å². The van der Waals surface area contributed by atoms with E-state index < -0.39 is 10.2 Å². The van der Waals surface area contributed by atoms with E-state index in [9.17, 15) is 8.42 Å². The SMILES string of the molecule is CNCC1CCCN(S(=O)(=O)N2CCCCCC2C)C1. The quantitative estimate of drug-likeness (QED) is 0.855. The van der Waals surface area contributed by atoms with Crippen LogP contribution in [-0.2, 0) is 10.2 Å². The van der Waals surface area contributed by atoms with Crippen LogP contribution in [0.3, 0.4) is 0 Å². The summed E-state index contributed by atoms with van der Waals surface area (Å²) in [4.78, 5) is 0. The van der Waals surface area contributed by atoms with Gasteiger partial charge in [0.15, 0.2) is 0 Å². The van der Waals surface area contributed by atoms with Crippen molar-refractivity contribution in [3.05, 3.63) is 0 Å². The molecular formula is C14H29N3O2S. The molecule has 2 fully saturated rings. The molecule has 0 radical (unpaired) electrons. The van der Waals surface area contributed by atoms with Gasteiger partial charge < -0.3 is 5.32 Å². The molecule has 2 aliphatic heterocycles. The summed E-state index contributed by atoms with van der Waals surface area (Å²) in [5.41, 5.74) is 0. The molecule has 2 unspecified atom stereocenters. The smallest absolute Gasteiger partial charge is 0.282 e. The maximum atomic E-state index is 12.9. The fraction of sp³-hybridized carbons (Fsp3) is 1.00. The van der Waals surface area contributed by atoms with Crippen LogP contribution in [0, 0.1) is 5.92 Å². The second kappa shape index (κ2) is 7.20. The summed E-state index contributed by atoms with van der Waals surface area (Å²) in [6.07, 6.45) is 6.40. The Morgan fingerprint density at radius 3 is 2.65 bits per heavy atom. The Kier molecular flexibility index (Phi) is 5.84. The average molecular weight is 303 g/mol. The molecule has 2 aliphatic rings. The molecule has 0 saturated carbocycles. The van der Waals surface area contributed by atoms with Crippen LogP contribution < -0.4 is 5.32 Å². The van der Waals surface area contributed by atoms with Crippen molar-refractivity contribution in [1.29, 1.82) is 0 Å². The van der Waals surface area contributed by atoms with E-state index in [1.807, 2.05) is 7.05 Å². The van der Waals surface area contributed by atoms with Gasteiger partial charge in [0.05, 0.1) is 0 Å². The minimum Gasteiger partial charge on any atom is -0.319 e. The molecule has 2 rings (SSSR count). The number of piperidine rings is 1. The highest BCUT2D eigenvalue weighted by Gasteiger charge is 2.36. The topological polar surface area (TPSA) is 52.7 Å².